The predicted octanol–water partition coefficient (Wildman–Crippen LogP) is 3.67. The fourth-order valence-corrected chi connectivity index (χ4v) is 1.88. The lowest BCUT2D eigenvalue weighted by atomic mass is 10.1. The Morgan fingerprint density at radius 2 is 1.68 bits per heavy atom. The minimum atomic E-state index is -0.478. The molecule has 0 aliphatic carbocycles. The van der Waals surface area contributed by atoms with Crippen molar-refractivity contribution in [2.45, 2.75) is 19.4 Å². The number of hydrogen-bond donors (Lipinski definition) is 2. The van der Waals surface area contributed by atoms with Crippen LogP contribution in [0.15, 0.2) is 48.5 Å². The maximum atomic E-state index is 12.7. The highest BCUT2D eigenvalue weighted by Gasteiger charge is 2.06. The van der Waals surface area contributed by atoms with Gasteiger partial charge in [0.1, 0.15) is 5.82 Å². The lowest BCUT2D eigenvalue weighted by Gasteiger charge is -2.12. The van der Waals surface area contributed by atoms with Gasteiger partial charge in [0.25, 0.3) is 0 Å². The summed E-state index contributed by atoms with van der Waals surface area (Å²) < 4.78 is 12.7. The van der Waals surface area contributed by atoms with Gasteiger partial charge in [-0.15, -0.1) is 0 Å². The van der Waals surface area contributed by atoms with Crippen LogP contribution < -0.4 is 5.32 Å². The van der Waals surface area contributed by atoms with Crippen molar-refractivity contribution in [3.05, 3.63) is 65.5 Å². The van der Waals surface area contributed by atoms with Crippen LogP contribution in [0.1, 0.15) is 23.7 Å². The molecular formula is C16H18FNO. The highest BCUT2D eigenvalue weighted by molar-refractivity contribution is 5.42. The smallest absolute Gasteiger partial charge is 0.123 e. The first-order valence-corrected chi connectivity index (χ1v) is 6.39. The molecule has 1 atom stereocenters. The summed E-state index contributed by atoms with van der Waals surface area (Å²) in [6, 6.07) is 14.1. The Bertz CT molecular complexity index is 507. The summed E-state index contributed by atoms with van der Waals surface area (Å²) in [5, 5.41) is 13.2. The Labute approximate surface area is 112 Å². The Morgan fingerprint density at radius 1 is 1.05 bits per heavy atom. The SMILES string of the molecule is Cc1ccc(C(O)CCNc2ccc(F)cc2)cc1. The number of rotatable bonds is 5. The molecule has 0 aliphatic rings. The van der Waals surface area contributed by atoms with Crippen molar-refractivity contribution < 1.29 is 9.50 Å². The van der Waals surface area contributed by atoms with Crippen molar-refractivity contribution in [1.82, 2.24) is 0 Å². The maximum absolute atomic E-state index is 12.7. The largest absolute Gasteiger partial charge is 0.388 e. The average Bonchev–Trinajstić information content (AvgIpc) is 2.41. The van der Waals surface area contributed by atoms with E-state index in [4.69, 9.17) is 0 Å². The lowest BCUT2D eigenvalue weighted by Crippen LogP contribution is -2.07. The third-order valence-electron chi connectivity index (χ3n) is 3.05. The van der Waals surface area contributed by atoms with E-state index in [1.807, 2.05) is 31.2 Å². The van der Waals surface area contributed by atoms with Gasteiger partial charge in [-0.3, -0.25) is 0 Å². The molecule has 0 saturated carbocycles. The van der Waals surface area contributed by atoms with Gasteiger partial charge in [-0.2, -0.15) is 0 Å². The van der Waals surface area contributed by atoms with Crippen LogP contribution in [0.25, 0.3) is 0 Å². The van der Waals surface area contributed by atoms with Crippen LogP contribution in [0.4, 0.5) is 10.1 Å². The average molecular weight is 259 g/mol. The molecule has 2 rings (SSSR count). The van der Waals surface area contributed by atoms with Gasteiger partial charge < -0.3 is 10.4 Å². The molecule has 0 aliphatic heterocycles. The molecule has 19 heavy (non-hydrogen) atoms. The molecule has 100 valence electrons. The number of aliphatic hydroxyl groups is 1. The summed E-state index contributed by atoms with van der Waals surface area (Å²) in [4.78, 5) is 0. The number of hydrogen-bond acceptors (Lipinski definition) is 2. The van der Waals surface area contributed by atoms with E-state index in [1.54, 1.807) is 12.1 Å². The summed E-state index contributed by atoms with van der Waals surface area (Å²) in [5.41, 5.74) is 2.96. The van der Waals surface area contributed by atoms with Crippen LogP contribution in [-0.2, 0) is 0 Å². The molecule has 0 saturated heterocycles. The van der Waals surface area contributed by atoms with Crippen LogP contribution >= 0.6 is 0 Å². The fraction of sp³-hybridized carbons (Fsp3) is 0.250. The first-order valence-electron chi connectivity index (χ1n) is 6.39. The van der Waals surface area contributed by atoms with Crippen molar-refractivity contribution in [3.8, 4) is 0 Å². The zero-order valence-corrected chi connectivity index (χ0v) is 10.9. The Hall–Kier alpha value is -1.87. The highest BCUT2D eigenvalue weighted by atomic mass is 19.1. The number of nitrogens with one attached hydrogen (secondary N) is 1. The van der Waals surface area contributed by atoms with Crippen LogP contribution in [0.3, 0.4) is 0 Å². The summed E-state index contributed by atoms with van der Waals surface area (Å²) in [7, 11) is 0. The summed E-state index contributed by atoms with van der Waals surface area (Å²) >= 11 is 0. The van der Waals surface area contributed by atoms with E-state index >= 15 is 0 Å². The van der Waals surface area contributed by atoms with Crippen molar-refractivity contribution in [2.75, 3.05) is 11.9 Å². The topological polar surface area (TPSA) is 32.3 Å². The van der Waals surface area contributed by atoms with Crippen molar-refractivity contribution >= 4 is 5.69 Å². The molecule has 0 heterocycles. The summed E-state index contributed by atoms with van der Waals surface area (Å²) in [6.45, 7) is 2.66. The number of aryl methyl sites for hydroxylation is 1. The summed E-state index contributed by atoms with van der Waals surface area (Å²) in [6.07, 6.45) is 0.133. The molecule has 0 bridgehead atoms. The zero-order valence-electron chi connectivity index (χ0n) is 10.9. The van der Waals surface area contributed by atoms with Gasteiger partial charge in [-0.25, -0.2) is 4.39 Å². The molecule has 0 fully saturated rings. The van der Waals surface area contributed by atoms with Crippen LogP contribution in [0.2, 0.25) is 0 Å². The number of anilines is 1. The van der Waals surface area contributed by atoms with Crippen molar-refractivity contribution in [3.63, 3.8) is 0 Å². The van der Waals surface area contributed by atoms with Gasteiger partial charge in [0.05, 0.1) is 6.10 Å². The molecule has 2 aromatic carbocycles. The monoisotopic (exact) mass is 259 g/mol. The molecule has 0 radical (unpaired) electrons. The van der Waals surface area contributed by atoms with E-state index in [1.165, 1.54) is 17.7 Å². The second-order valence-electron chi connectivity index (χ2n) is 4.65. The minimum Gasteiger partial charge on any atom is -0.388 e. The van der Waals surface area contributed by atoms with E-state index in [-0.39, 0.29) is 5.82 Å². The molecule has 1 unspecified atom stereocenters. The number of aliphatic hydroxyl groups excluding tert-OH is 1. The predicted molar refractivity (Wildman–Crippen MR) is 75.6 cm³/mol. The molecule has 0 aromatic heterocycles. The molecular weight excluding hydrogens is 241 g/mol. The molecule has 3 heteroatoms. The Kier molecular flexibility index (Phi) is 4.53. The third kappa shape index (κ3) is 4.07. The van der Waals surface area contributed by atoms with Crippen LogP contribution in [0, 0.1) is 12.7 Å². The second-order valence-corrected chi connectivity index (χ2v) is 4.65. The highest BCUT2D eigenvalue weighted by Crippen LogP contribution is 2.17. The third-order valence-corrected chi connectivity index (χ3v) is 3.05. The van der Waals surface area contributed by atoms with Gasteiger partial charge in [-0.05, 0) is 43.2 Å². The van der Waals surface area contributed by atoms with Gasteiger partial charge in [0.2, 0.25) is 0 Å². The summed E-state index contributed by atoms with van der Waals surface area (Å²) in [5.74, 6) is -0.245. The first kappa shape index (κ1) is 13.6. The molecule has 0 spiro atoms. The molecule has 2 aromatic rings. The van der Waals surface area contributed by atoms with Crippen LogP contribution in [0.5, 0.6) is 0 Å². The second kappa shape index (κ2) is 6.34. The number of benzene rings is 2. The van der Waals surface area contributed by atoms with E-state index in [9.17, 15) is 9.50 Å². The minimum absolute atomic E-state index is 0.245. The van der Waals surface area contributed by atoms with E-state index in [0.717, 1.165) is 11.3 Å². The van der Waals surface area contributed by atoms with E-state index in [0.29, 0.717) is 13.0 Å². The normalized spacial score (nSPS) is 12.2. The zero-order chi connectivity index (χ0) is 13.7. The molecule has 0 amide bonds. The molecule has 2 N–H and O–H groups in total. The van der Waals surface area contributed by atoms with Gasteiger partial charge >= 0.3 is 0 Å². The van der Waals surface area contributed by atoms with Gasteiger partial charge in [0, 0.05) is 12.2 Å². The fourth-order valence-electron chi connectivity index (χ4n) is 1.88. The van der Waals surface area contributed by atoms with Crippen molar-refractivity contribution in [2.24, 2.45) is 0 Å². The van der Waals surface area contributed by atoms with E-state index < -0.39 is 6.10 Å². The van der Waals surface area contributed by atoms with Crippen LogP contribution in [-0.4, -0.2) is 11.7 Å². The van der Waals surface area contributed by atoms with Crippen molar-refractivity contribution in [1.29, 1.82) is 0 Å². The van der Waals surface area contributed by atoms with E-state index in [2.05, 4.69) is 5.32 Å². The molecule has 2 nitrogen and oxygen atoms in total. The van der Waals surface area contributed by atoms with Gasteiger partial charge in [-0.1, -0.05) is 29.8 Å². The first-order chi connectivity index (χ1) is 9.15. The standard InChI is InChI=1S/C16H18FNO/c1-12-2-4-13(5-3-12)16(19)10-11-18-15-8-6-14(17)7-9-15/h2-9,16,18-19H,10-11H2,1H3. The Balaban J connectivity index is 1.82. The van der Waals surface area contributed by atoms with Gasteiger partial charge in [0.15, 0.2) is 0 Å². The number of halogens is 1. The maximum Gasteiger partial charge on any atom is 0.123 e. The quantitative estimate of drug-likeness (QED) is 0.858. The lowest BCUT2D eigenvalue weighted by molar-refractivity contribution is 0.171. The Morgan fingerprint density at radius 3 is 2.32 bits per heavy atom.